The molecule has 2 nitrogen and oxygen atoms in total. The van der Waals surface area contributed by atoms with Crippen molar-refractivity contribution in [1.29, 1.82) is 0 Å². The maximum absolute atomic E-state index is 11.1. The lowest BCUT2D eigenvalue weighted by Crippen LogP contribution is -2.25. The highest BCUT2D eigenvalue weighted by atomic mass is 16.5. The molecular formula is C11H20O2. The van der Waals surface area contributed by atoms with Crippen molar-refractivity contribution in [2.75, 3.05) is 7.11 Å². The second kappa shape index (κ2) is 4.23. The Labute approximate surface area is 80.7 Å². The van der Waals surface area contributed by atoms with Crippen molar-refractivity contribution >= 4 is 6.29 Å². The fourth-order valence-electron chi connectivity index (χ4n) is 2.43. The number of hydrogen-bond acceptors (Lipinski definition) is 2. The van der Waals surface area contributed by atoms with Crippen molar-refractivity contribution in [2.45, 2.75) is 45.6 Å². The second-order valence-corrected chi connectivity index (χ2v) is 4.58. The highest BCUT2D eigenvalue weighted by Gasteiger charge is 2.38. The van der Waals surface area contributed by atoms with Crippen LogP contribution in [-0.2, 0) is 9.53 Å². The fourth-order valence-corrected chi connectivity index (χ4v) is 2.43. The van der Waals surface area contributed by atoms with Crippen molar-refractivity contribution in [3.8, 4) is 0 Å². The summed E-state index contributed by atoms with van der Waals surface area (Å²) in [5.41, 5.74) is -0.0746. The summed E-state index contributed by atoms with van der Waals surface area (Å²) in [6.07, 6.45) is 5.53. The summed E-state index contributed by atoms with van der Waals surface area (Å²) in [5, 5.41) is 0. The summed E-state index contributed by atoms with van der Waals surface area (Å²) in [4.78, 5) is 11.1. The van der Waals surface area contributed by atoms with E-state index in [9.17, 15) is 4.79 Å². The Morgan fingerprint density at radius 3 is 2.77 bits per heavy atom. The van der Waals surface area contributed by atoms with Gasteiger partial charge in [0.1, 0.15) is 6.29 Å². The first kappa shape index (κ1) is 10.7. The molecule has 0 amide bonds. The molecule has 1 aliphatic rings. The number of hydrogen-bond donors (Lipinski definition) is 0. The molecule has 0 aromatic rings. The van der Waals surface area contributed by atoms with Crippen molar-refractivity contribution in [2.24, 2.45) is 11.3 Å². The highest BCUT2D eigenvalue weighted by molar-refractivity contribution is 5.60. The normalized spacial score (nSPS) is 36.1. The van der Waals surface area contributed by atoms with Gasteiger partial charge in [-0.05, 0) is 38.5 Å². The van der Waals surface area contributed by atoms with Crippen LogP contribution in [0, 0.1) is 11.3 Å². The molecule has 1 rings (SSSR count). The monoisotopic (exact) mass is 184 g/mol. The minimum absolute atomic E-state index is 0.0746. The van der Waals surface area contributed by atoms with Crippen LogP contribution < -0.4 is 0 Å². The quantitative estimate of drug-likeness (QED) is 0.627. The van der Waals surface area contributed by atoms with Gasteiger partial charge in [0.2, 0.25) is 0 Å². The van der Waals surface area contributed by atoms with Gasteiger partial charge in [0, 0.05) is 12.5 Å². The van der Waals surface area contributed by atoms with E-state index in [4.69, 9.17) is 4.74 Å². The zero-order valence-electron chi connectivity index (χ0n) is 8.88. The number of methoxy groups -OCH3 is 1. The predicted molar refractivity (Wildman–Crippen MR) is 52.6 cm³/mol. The van der Waals surface area contributed by atoms with E-state index in [1.165, 1.54) is 6.42 Å². The summed E-state index contributed by atoms with van der Waals surface area (Å²) in [5.74, 6) is 0.703. The van der Waals surface area contributed by atoms with Crippen molar-refractivity contribution in [3.63, 3.8) is 0 Å². The zero-order chi connectivity index (χ0) is 9.90. The van der Waals surface area contributed by atoms with Gasteiger partial charge >= 0.3 is 0 Å². The lowest BCUT2D eigenvalue weighted by atomic mass is 9.82. The molecule has 3 atom stereocenters. The number of ether oxygens (including phenoxy) is 1. The topological polar surface area (TPSA) is 26.3 Å². The molecular weight excluding hydrogens is 164 g/mol. The van der Waals surface area contributed by atoms with E-state index in [1.54, 1.807) is 7.11 Å². The minimum Gasteiger partial charge on any atom is -0.382 e. The van der Waals surface area contributed by atoms with Crippen LogP contribution in [0.4, 0.5) is 0 Å². The third-order valence-corrected chi connectivity index (χ3v) is 3.24. The molecule has 0 saturated heterocycles. The number of rotatable bonds is 4. The van der Waals surface area contributed by atoms with E-state index >= 15 is 0 Å². The molecule has 0 aromatic carbocycles. The first-order valence-corrected chi connectivity index (χ1v) is 5.11. The standard InChI is InChI=1S/C11H20O2/c1-9-4-5-11(6-9,8-12)7-10(2)13-3/h8-10H,4-7H2,1-3H3. The average Bonchev–Trinajstić information content (AvgIpc) is 2.48. The SMILES string of the molecule is COC(C)CC1(C=O)CCC(C)C1. The minimum atomic E-state index is -0.0746. The Morgan fingerprint density at radius 2 is 2.38 bits per heavy atom. The van der Waals surface area contributed by atoms with Gasteiger partial charge in [0.05, 0.1) is 6.10 Å². The number of carbonyl (C=O) groups is 1. The molecule has 2 heteroatoms. The molecule has 0 bridgehead atoms. The van der Waals surface area contributed by atoms with Crippen molar-refractivity contribution < 1.29 is 9.53 Å². The van der Waals surface area contributed by atoms with Gasteiger partial charge in [-0.15, -0.1) is 0 Å². The van der Waals surface area contributed by atoms with Gasteiger partial charge in [0.15, 0.2) is 0 Å². The van der Waals surface area contributed by atoms with E-state index in [0.717, 1.165) is 25.5 Å². The molecule has 13 heavy (non-hydrogen) atoms. The van der Waals surface area contributed by atoms with Crippen LogP contribution in [-0.4, -0.2) is 19.5 Å². The summed E-state index contributed by atoms with van der Waals surface area (Å²) in [7, 11) is 1.71. The summed E-state index contributed by atoms with van der Waals surface area (Å²) in [6.45, 7) is 4.26. The van der Waals surface area contributed by atoms with Crippen LogP contribution in [0.15, 0.2) is 0 Å². The maximum atomic E-state index is 11.1. The molecule has 0 heterocycles. The van der Waals surface area contributed by atoms with Crippen LogP contribution in [0.25, 0.3) is 0 Å². The molecule has 0 radical (unpaired) electrons. The van der Waals surface area contributed by atoms with Gasteiger partial charge < -0.3 is 9.53 Å². The molecule has 0 spiro atoms. The second-order valence-electron chi connectivity index (χ2n) is 4.58. The first-order valence-electron chi connectivity index (χ1n) is 5.11. The molecule has 1 aliphatic carbocycles. The van der Waals surface area contributed by atoms with Crippen LogP contribution in [0.5, 0.6) is 0 Å². The first-order chi connectivity index (χ1) is 6.12. The van der Waals surface area contributed by atoms with Gasteiger partial charge in [-0.2, -0.15) is 0 Å². The van der Waals surface area contributed by atoms with Crippen molar-refractivity contribution in [3.05, 3.63) is 0 Å². The van der Waals surface area contributed by atoms with E-state index in [2.05, 4.69) is 6.92 Å². The number of aldehydes is 1. The molecule has 76 valence electrons. The number of carbonyl (C=O) groups excluding carboxylic acids is 1. The third-order valence-electron chi connectivity index (χ3n) is 3.24. The van der Waals surface area contributed by atoms with E-state index in [0.29, 0.717) is 5.92 Å². The molecule has 0 aliphatic heterocycles. The highest BCUT2D eigenvalue weighted by Crippen LogP contribution is 2.43. The Morgan fingerprint density at radius 1 is 1.69 bits per heavy atom. The van der Waals surface area contributed by atoms with Crippen LogP contribution in [0.2, 0.25) is 0 Å². The van der Waals surface area contributed by atoms with E-state index in [-0.39, 0.29) is 11.5 Å². The lowest BCUT2D eigenvalue weighted by molar-refractivity contribution is -0.118. The van der Waals surface area contributed by atoms with Crippen LogP contribution in [0.3, 0.4) is 0 Å². The van der Waals surface area contributed by atoms with Crippen molar-refractivity contribution in [1.82, 2.24) is 0 Å². The summed E-state index contributed by atoms with van der Waals surface area (Å²) < 4.78 is 5.22. The molecule has 1 fully saturated rings. The summed E-state index contributed by atoms with van der Waals surface area (Å²) >= 11 is 0. The lowest BCUT2D eigenvalue weighted by Gasteiger charge is -2.25. The van der Waals surface area contributed by atoms with Gasteiger partial charge in [-0.1, -0.05) is 6.92 Å². The van der Waals surface area contributed by atoms with Gasteiger partial charge in [0.25, 0.3) is 0 Å². The predicted octanol–water partition coefficient (Wildman–Crippen LogP) is 2.42. The average molecular weight is 184 g/mol. The smallest absolute Gasteiger partial charge is 0.126 e. The van der Waals surface area contributed by atoms with Crippen LogP contribution in [0.1, 0.15) is 39.5 Å². The molecule has 0 N–H and O–H groups in total. The van der Waals surface area contributed by atoms with E-state index < -0.39 is 0 Å². The zero-order valence-corrected chi connectivity index (χ0v) is 8.88. The molecule has 1 saturated carbocycles. The third kappa shape index (κ3) is 2.53. The van der Waals surface area contributed by atoms with Crippen LogP contribution >= 0.6 is 0 Å². The Bertz CT molecular complexity index is 179. The Kier molecular flexibility index (Phi) is 3.48. The van der Waals surface area contributed by atoms with E-state index in [1.807, 2.05) is 6.92 Å². The Hall–Kier alpha value is -0.370. The molecule has 0 aromatic heterocycles. The van der Waals surface area contributed by atoms with Gasteiger partial charge in [-0.25, -0.2) is 0 Å². The molecule has 3 unspecified atom stereocenters. The maximum Gasteiger partial charge on any atom is 0.126 e. The van der Waals surface area contributed by atoms with Gasteiger partial charge in [-0.3, -0.25) is 0 Å². The summed E-state index contributed by atoms with van der Waals surface area (Å²) in [6, 6.07) is 0. The Balaban J connectivity index is 2.55. The fraction of sp³-hybridized carbons (Fsp3) is 0.909. The largest absolute Gasteiger partial charge is 0.382 e.